The third kappa shape index (κ3) is 2.21. The Bertz CT molecular complexity index is 324. The van der Waals surface area contributed by atoms with E-state index >= 15 is 0 Å². The van der Waals surface area contributed by atoms with E-state index in [9.17, 15) is 4.79 Å². The molecule has 1 fully saturated rings. The lowest BCUT2D eigenvalue weighted by molar-refractivity contribution is -0.525. The molecule has 0 amide bonds. The summed E-state index contributed by atoms with van der Waals surface area (Å²) in [6.07, 6.45) is 7.83. The van der Waals surface area contributed by atoms with Gasteiger partial charge in [-0.3, -0.25) is 0 Å². The summed E-state index contributed by atoms with van der Waals surface area (Å²) in [5.41, 5.74) is -0.142. The minimum absolute atomic E-state index is 0.142. The number of nitrogens with zero attached hydrogens (tertiary/aromatic N) is 2. The number of hydrogen-bond acceptors (Lipinski definition) is 2. The van der Waals surface area contributed by atoms with Crippen molar-refractivity contribution < 1.29 is 5.21 Å². The summed E-state index contributed by atoms with van der Waals surface area (Å²) in [6.45, 7) is 0.731. The topological polar surface area (TPSA) is 64.8 Å². The van der Waals surface area contributed by atoms with Gasteiger partial charge in [0, 0.05) is 0 Å². The van der Waals surface area contributed by atoms with Crippen molar-refractivity contribution in [1.82, 2.24) is 15.0 Å². The van der Waals surface area contributed by atoms with Gasteiger partial charge in [0.15, 0.2) is 0 Å². The molecule has 78 valence electrons. The number of aromatic nitrogens is 4. The number of tetrazole rings is 1. The summed E-state index contributed by atoms with van der Waals surface area (Å²) in [5, 5.41) is 8.67. The van der Waals surface area contributed by atoms with Crippen LogP contribution >= 0.6 is 0 Å². The fourth-order valence-electron chi connectivity index (χ4n) is 2.22. The van der Waals surface area contributed by atoms with Gasteiger partial charge < -0.3 is 0 Å². The second kappa shape index (κ2) is 4.39. The van der Waals surface area contributed by atoms with Gasteiger partial charge in [-0.15, -0.1) is 5.10 Å². The Hall–Kier alpha value is -1.13. The van der Waals surface area contributed by atoms with E-state index in [4.69, 9.17) is 0 Å². The summed E-state index contributed by atoms with van der Waals surface area (Å²) in [6, 6.07) is 0. The number of aryl methyl sites for hydroxylation is 1. The SMILES string of the molecule is O=c1[nH][nH+]nn1CCCC1CCCC1. The van der Waals surface area contributed by atoms with Crippen LogP contribution in [0.2, 0.25) is 0 Å². The molecule has 5 nitrogen and oxygen atoms in total. The van der Waals surface area contributed by atoms with Gasteiger partial charge >= 0.3 is 5.69 Å². The standard InChI is InChI=1S/C9H16N4O/c14-9-10-11-12-13(9)7-3-6-8-4-1-2-5-8/h8H,1-7H2,(H,10,12,14)/p+1. The maximum atomic E-state index is 11.1. The van der Waals surface area contributed by atoms with Gasteiger partial charge in [-0.2, -0.15) is 0 Å². The van der Waals surface area contributed by atoms with E-state index in [1.807, 2.05) is 0 Å². The lowest BCUT2D eigenvalue weighted by Gasteiger charge is -2.05. The van der Waals surface area contributed by atoms with Gasteiger partial charge in [0.05, 0.1) is 0 Å². The zero-order chi connectivity index (χ0) is 9.80. The highest BCUT2D eigenvalue weighted by atomic mass is 16.2. The first-order valence-corrected chi connectivity index (χ1v) is 5.39. The normalized spacial score (nSPS) is 17.7. The molecule has 1 aliphatic rings. The Morgan fingerprint density at radius 2 is 2.29 bits per heavy atom. The second-order valence-corrected chi connectivity index (χ2v) is 4.06. The van der Waals surface area contributed by atoms with Crippen molar-refractivity contribution in [3.8, 4) is 0 Å². The predicted octanol–water partition coefficient (Wildman–Crippen LogP) is 0.356. The average Bonchev–Trinajstić information content (AvgIpc) is 2.78. The molecule has 0 bridgehead atoms. The first-order chi connectivity index (χ1) is 6.86. The van der Waals surface area contributed by atoms with E-state index in [-0.39, 0.29) is 5.69 Å². The van der Waals surface area contributed by atoms with E-state index in [2.05, 4.69) is 15.5 Å². The molecule has 0 aromatic carbocycles. The molecule has 0 atom stereocenters. The maximum absolute atomic E-state index is 11.1. The monoisotopic (exact) mass is 197 g/mol. The van der Waals surface area contributed by atoms with Crippen molar-refractivity contribution in [2.45, 2.75) is 45.1 Å². The zero-order valence-electron chi connectivity index (χ0n) is 8.33. The van der Waals surface area contributed by atoms with Gasteiger partial charge in [0.2, 0.25) is 0 Å². The minimum Gasteiger partial charge on any atom is -0.215 e. The smallest absolute Gasteiger partial charge is 0.215 e. The second-order valence-electron chi connectivity index (χ2n) is 4.06. The molecule has 1 aliphatic carbocycles. The predicted molar refractivity (Wildman–Crippen MR) is 50.6 cm³/mol. The number of aromatic amines is 2. The Morgan fingerprint density at radius 1 is 1.50 bits per heavy atom. The van der Waals surface area contributed by atoms with Gasteiger partial charge in [-0.25, -0.2) is 4.79 Å². The Balaban J connectivity index is 1.72. The number of rotatable bonds is 4. The first-order valence-electron chi connectivity index (χ1n) is 5.39. The van der Waals surface area contributed by atoms with Crippen LogP contribution in [0.15, 0.2) is 4.79 Å². The van der Waals surface area contributed by atoms with Crippen LogP contribution in [-0.2, 0) is 6.54 Å². The third-order valence-electron chi connectivity index (χ3n) is 3.03. The summed E-state index contributed by atoms with van der Waals surface area (Å²) in [5.74, 6) is 0.897. The molecule has 0 spiro atoms. The van der Waals surface area contributed by atoms with E-state index in [1.165, 1.54) is 36.8 Å². The van der Waals surface area contributed by atoms with Crippen LogP contribution in [0.4, 0.5) is 0 Å². The number of hydrogen-bond donors (Lipinski definition) is 1. The first kappa shape index (κ1) is 9.43. The molecule has 1 saturated carbocycles. The Morgan fingerprint density at radius 3 is 2.93 bits per heavy atom. The van der Waals surface area contributed by atoms with E-state index in [0.29, 0.717) is 0 Å². The summed E-state index contributed by atoms with van der Waals surface area (Å²) in [7, 11) is 0. The molecule has 1 aromatic heterocycles. The molecule has 5 heteroatoms. The highest BCUT2D eigenvalue weighted by molar-refractivity contribution is 4.67. The van der Waals surface area contributed by atoms with Crippen molar-refractivity contribution >= 4 is 0 Å². The highest BCUT2D eigenvalue weighted by Crippen LogP contribution is 2.28. The minimum atomic E-state index is -0.142. The summed E-state index contributed by atoms with van der Waals surface area (Å²) >= 11 is 0. The fourth-order valence-corrected chi connectivity index (χ4v) is 2.22. The molecule has 1 heterocycles. The van der Waals surface area contributed by atoms with Gasteiger partial charge in [0.25, 0.3) is 0 Å². The van der Waals surface area contributed by atoms with Crippen LogP contribution in [-0.4, -0.2) is 15.0 Å². The third-order valence-corrected chi connectivity index (χ3v) is 3.03. The molecular weight excluding hydrogens is 180 g/mol. The van der Waals surface area contributed by atoms with Gasteiger partial charge in [-0.05, 0) is 18.8 Å². The van der Waals surface area contributed by atoms with Crippen LogP contribution in [0.1, 0.15) is 38.5 Å². The molecule has 0 radical (unpaired) electrons. The van der Waals surface area contributed by atoms with Crippen LogP contribution in [0.25, 0.3) is 0 Å². The molecule has 0 aliphatic heterocycles. The molecule has 0 unspecified atom stereocenters. The number of H-pyrrole nitrogens is 2. The Kier molecular flexibility index (Phi) is 2.96. The van der Waals surface area contributed by atoms with Crippen LogP contribution in [0.5, 0.6) is 0 Å². The van der Waals surface area contributed by atoms with Crippen LogP contribution in [0.3, 0.4) is 0 Å². The van der Waals surface area contributed by atoms with Crippen molar-refractivity contribution in [3.63, 3.8) is 0 Å². The van der Waals surface area contributed by atoms with E-state index in [1.54, 1.807) is 0 Å². The quantitative estimate of drug-likeness (QED) is 0.757. The molecule has 0 saturated heterocycles. The average molecular weight is 197 g/mol. The fraction of sp³-hybridized carbons (Fsp3) is 0.889. The summed E-state index contributed by atoms with van der Waals surface area (Å²) < 4.78 is 1.45. The molecule has 2 rings (SSSR count). The Labute approximate surface area is 82.5 Å². The van der Waals surface area contributed by atoms with Crippen molar-refractivity contribution in [3.05, 3.63) is 10.5 Å². The lowest BCUT2D eigenvalue weighted by Crippen LogP contribution is -2.18. The lowest BCUT2D eigenvalue weighted by atomic mass is 10.0. The van der Waals surface area contributed by atoms with E-state index in [0.717, 1.165) is 18.9 Å². The largest absolute Gasteiger partial charge is 0.465 e. The maximum Gasteiger partial charge on any atom is 0.465 e. The summed E-state index contributed by atoms with van der Waals surface area (Å²) in [4.78, 5) is 11.1. The van der Waals surface area contributed by atoms with Crippen LogP contribution < -0.4 is 10.9 Å². The van der Waals surface area contributed by atoms with Gasteiger partial charge in [-0.1, -0.05) is 35.6 Å². The molecule has 1 aromatic rings. The van der Waals surface area contributed by atoms with Crippen molar-refractivity contribution in [1.29, 1.82) is 0 Å². The van der Waals surface area contributed by atoms with E-state index < -0.39 is 0 Å². The van der Waals surface area contributed by atoms with Crippen molar-refractivity contribution in [2.75, 3.05) is 0 Å². The molecular formula is C9H17N4O+. The van der Waals surface area contributed by atoms with Crippen LogP contribution in [0, 0.1) is 5.92 Å². The number of nitrogens with one attached hydrogen (secondary N) is 2. The van der Waals surface area contributed by atoms with Crippen molar-refractivity contribution in [2.24, 2.45) is 5.92 Å². The zero-order valence-corrected chi connectivity index (χ0v) is 8.33. The molecule has 14 heavy (non-hydrogen) atoms. The molecule has 2 N–H and O–H groups in total. The highest BCUT2D eigenvalue weighted by Gasteiger charge is 2.15. The van der Waals surface area contributed by atoms with Gasteiger partial charge in [0.1, 0.15) is 11.8 Å².